The lowest BCUT2D eigenvalue weighted by Gasteiger charge is -2.37. The number of nitrogens with zero attached hydrogens (tertiary/aromatic N) is 4. The molecule has 0 bridgehead atoms. The van der Waals surface area contributed by atoms with Gasteiger partial charge in [0.1, 0.15) is 17.3 Å². The molecule has 6 nitrogen and oxygen atoms in total. The highest BCUT2D eigenvalue weighted by atomic mass is 19.1. The molecule has 2 atom stereocenters. The third kappa shape index (κ3) is 3.31. The number of carbonyl (C=O) groups excluding carboxylic acids is 1. The van der Waals surface area contributed by atoms with Crippen LogP contribution in [0.1, 0.15) is 40.6 Å². The smallest absolute Gasteiger partial charge is 0.255 e. The molecule has 1 saturated heterocycles. The van der Waals surface area contributed by atoms with Crippen molar-refractivity contribution in [2.24, 2.45) is 0 Å². The van der Waals surface area contributed by atoms with Crippen LogP contribution in [-0.2, 0) is 0 Å². The molecule has 3 aromatic rings. The van der Waals surface area contributed by atoms with Crippen LogP contribution in [0.4, 0.5) is 8.78 Å². The minimum absolute atomic E-state index is 0.107. The van der Waals surface area contributed by atoms with Crippen molar-refractivity contribution in [2.75, 3.05) is 6.54 Å². The van der Waals surface area contributed by atoms with Gasteiger partial charge in [-0.1, -0.05) is 5.16 Å². The predicted octanol–water partition coefficient (Wildman–Crippen LogP) is 3.98. The zero-order valence-corrected chi connectivity index (χ0v) is 15.8. The fraction of sp³-hybridized carbons (Fsp3) is 0.227. The molecule has 1 fully saturated rings. The summed E-state index contributed by atoms with van der Waals surface area (Å²) >= 11 is 0. The van der Waals surface area contributed by atoms with Crippen molar-refractivity contribution in [1.82, 2.24) is 20.0 Å². The van der Waals surface area contributed by atoms with Gasteiger partial charge in [0.2, 0.25) is 11.7 Å². The van der Waals surface area contributed by atoms with E-state index in [-0.39, 0.29) is 23.7 Å². The SMILES string of the molecule is O=C1c2ccc(F)cc2C=C=CC2CCC(c3nc(-c4ccc(F)cn4)no3)CN12. The van der Waals surface area contributed by atoms with E-state index in [4.69, 9.17) is 4.52 Å². The van der Waals surface area contributed by atoms with Crippen molar-refractivity contribution in [3.05, 3.63) is 77.0 Å². The Kier molecular flexibility index (Phi) is 4.48. The maximum Gasteiger partial charge on any atom is 0.255 e. The van der Waals surface area contributed by atoms with Crippen LogP contribution < -0.4 is 0 Å². The molecule has 8 heteroatoms. The molecular formula is C22H16F2N4O2. The summed E-state index contributed by atoms with van der Waals surface area (Å²) in [6.45, 7) is 0.386. The van der Waals surface area contributed by atoms with E-state index in [9.17, 15) is 13.6 Å². The van der Waals surface area contributed by atoms with Crippen molar-refractivity contribution in [3.8, 4) is 11.5 Å². The van der Waals surface area contributed by atoms with Crippen LogP contribution >= 0.6 is 0 Å². The minimum Gasteiger partial charge on any atom is -0.339 e. The molecule has 0 saturated carbocycles. The number of hydrogen-bond donors (Lipinski definition) is 0. The van der Waals surface area contributed by atoms with Crippen LogP contribution in [0.15, 0.2) is 52.9 Å². The van der Waals surface area contributed by atoms with Gasteiger partial charge >= 0.3 is 0 Å². The van der Waals surface area contributed by atoms with Crippen molar-refractivity contribution in [1.29, 1.82) is 0 Å². The average molecular weight is 406 g/mol. The van der Waals surface area contributed by atoms with E-state index in [1.807, 2.05) is 6.08 Å². The average Bonchev–Trinajstić information content (AvgIpc) is 3.23. The van der Waals surface area contributed by atoms with E-state index in [1.54, 1.807) is 11.0 Å². The minimum atomic E-state index is -0.446. The van der Waals surface area contributed by atoms with Crippen LogP contribution in [0.25, 0.3) is 17.6 Å². The largest absolute Gasteiger partial charge is 0.339 e. The lowest BCUT2D eigenvalue weighted by molar-refractivity contribution is 0.0625. The predicted molar refractivity (Wildman–Crippen MR) is 103 cm³/mol. The second-order valence-electron chi connectivity index (χ2n) is 7.33. The molecule has 30 heavy (non-hydrogen) atoms. The quantitative estimate of drug-likeness (QED) is 0.602. The highest BCUT2D eigenvalue weighted by molar-refractivity contribution is 5.98. The summed E-state index contributed by atoms with van der Waals surface area (Å²) in [5, 5.41) is 3.95. The van der Waals surface area contributed by atoms with E-state index in [0.29, 0.717) is 35.7 Å². The zero-order chi connectivity index (χ0) is 20.7. The second-order valence-corrected chi connectivity index (χ2v) is 7.33. The number of hydrogen-bond acceptors (Lipinski definition) is 5. The Hall–Kier alpha value is -3.64. The Morgan fingerprint density at radius 3 is 2.83 bits per heavy atom. The van der Waals surface area contributed by atoms with Crippen molar-refractivity contribution in [3.63, 3.8) is 0 Å². The number of rotatable bonds is 2. The Morgan fingerprint density at radius 2 is 2.00 bits per heavy atom. The molecule has 4 heterocycles. The van der Waals surface area contributed by atoms with Gasteiger partial charge in [0.15, 0.2) is 0 Å². The van der Waals surface area contributed by atoms with Gasteiger partial charge in [-0.25, -0.2) is 13.8 Å². The second kappa shape index (κ2) is 7.31. The van der Waals surface area contributed by atoms with Crippen LogP contribution in [-0.4, -0.2) is 38.5 Å². The van der Waals surface area contributed by atoms with Gasteiger partial charge in [-0.05, 0) is 60.9 Å². The van der Waals surface area contributed by atoms with Crippen molar-refractivity contribution in [2.45, 2.75) is 24.8 Å². The molecule has 1 aromatic carbocycles. The maximum absolute atomic E-state index is 13.6. The van der Waals surface area contributed by atoms with Gasteiger partial charge in [0, 0.05) is 12.1 Å². The first kappa shape index (κ1) is 18.4. The maximum atomic E-state index is 13.6. The van der Waals surface area contributed by atoms with E-state index >= 15 is 0 Å². The zero-order valence-electron chi connectivity index (χ0n) is 15.8. The molecule has 2 aliphatic rings. The highest BCUT2D eigenvalue weighted by Crippen LogP contribution is 2.33. The molecule has 0 spiro atoms. The summed E-state index contributed by atoms with van der Waals surface area (Å²) < 4.78 is 32.1. The monoisotopic (exact) mass is 406 g/mol. The van der Waals surface area contributed by atoms with E-state index < -0.39 is 11.6 Å². The molecule has 1 amide bonds. The third-order valence-electron chi connectivity index (χ3n) is 5.41. The number of benzene rings is 1. The van der Waals surface area contributed by atoms with Crippen molar-refractivity contribution < 1.29 is 18.1 Å². The highest BCUT2D eigenvalue weighted by Gasteiger charge is 2.35. The summed E-state index contributed by atoms with van der Waals surface area (Å²) in [5.41, 5.74) is 4.42. The van der Waals surface area contributed by atoms with Gasteiger partial charge in [-0.15, -0.1) is 5.73 Å². The number of amides is 1. The lowest BCUT2D eigenvalue weighted by atomic mass is 9.90. The van der Waals surface area contributed by atoms with Gasteiger partial charge in [-0.3, -0.25) is 4.79 Å². The van der Waals surface area contributed by atoms with Gasteiger partial charge in [-0.2, -0.15) is 4.98 Å². The fourth-order valence-electron chi connectivity index (χ4n) is 3.86. The first-order valence-electron chi connectivity index (χ1n) is 9.57. The summed E-state index contributed by atoms with van der Waals surface area (Å²) in [7, 11) is 0. The first-order chi connectivity index (χ1) is 14.6. The number of halogens is 2. The van der Waals surface area contributed by atoms with Crippen molar-refractivity contribution >= 4 is 12.0 Å². The molecular weight excluding hydrogens is 390 g/mol. The summed E-state index contributed by atoms with van der Waals surface area (Å²) in [6, 6.07) is 6.77. The van der Waals surface area contributed by atoms with Gasteiger partial charge in [0.25, 0.3) is 5.91 Å². The number of aromatic nitrogens is 3. The van der Waals surface area contributed by atoms with Crippen LogP contribution in [0.5, 0.6) is 0 Å². The molecule has 2 aromatic heterocycles. The number of carbonyl (C=O) groups is 1. The van der Waals surface area contributed by atoms with Gasteiger partial charge < -0.3 is 9.42 Å². The molecule has 0 aliphatic carbocycles. The third-order valence-corrected chi connectivity index (χ3v) is 5.41. The summed E-state index contributed by atoms with van der Waals surface area (Å²) in [4.78, 5) is 23.3. The standard InChI is InChI=1S/C22H16F2N4O2/c23-15-5-8-18-13(10-15)2-1-3-17-7-4-14(12-28(17)22(18)29)21-26-20(27-30-21)19-9-6-16(24)11-25-19/h2-3,5-6,8-11,14,17H,4,7,12H2. The van der Waals surface area contributed by atoms with E-state index in [1.165, 1.54) is 30.3 Å². The number of piperidine rings is 1. The van der Waals surface area contributed by atoms with E-state index in [0.717, 1.165) is 12.6 Å². The van der Waals surface area contributed by atoms with Crippen LogP contribution in [0.3, 0.4) is 0 Å². The Labute approximate surface area is 170 Å². The summed E-state index contributed by atoms with van der Waals surface area (Å²) in [6.07, 6.45) is 6.03. The first-order valence-corrected chi connectivity index (χ1v) is 9.57. The Bertz CT molecular complexity index is 1180. The molecule has 150 valence electrons. The lowest BCUT2D eigenvalue weighted by Crippen LogP contribution is -2.45. The van der Waals surface area contributed by atoms with Crippen LogP contribution in [0, 0.1) is 11.6 Å². The molecule has 2 unspecified atom stereocenters. The van der Waals surface area contributed by atoms with Crippen LogP contribution in [0.2, 0.25) is 0 Å². The normalized spacial score (nSPS) is 20.5. The molecule has 5 rings (SSSR count). The number of fused-ring (bicyclic) bond motifs is 2. The van der Waals surface area contributed by atoms with E-state index in [2.05, 4.69) is 20.9 Å². The summed E-state index contributed by atoms with van der Waals surface area (Å²) in [5.74, 6) is -0.487. The molecule has 0 N–H and O–H groups in total. The fourth-order valence-corrected chi connectivity index (χ4v) is 3.86. The number of pyridine rings is 1. The molecule has 2 aliphatic heterocycles. The topological polar surface area (TPSA) is 72.1 Å². The Balaban J connectivity index is 1.42. The Morgan fingerprint density at radius 1 is 1.13 bits per heavy atom. The molecule has 0 radical (unpaired) electrons. The van der Waals surface area contributed by atoms with Gasteiger partial charge in [0.05, 0.1) is 18.2 Å².